The largest absolute Gasteiger partial charge is 0.453 e. The normalized spacial score (nSPS) is 10.8. The van der Waals surface area contributed by atoms with Gasteiger partial charge in [-0.3, -0.25) is 5.32 Å². The highest BCUT2D eigenvalue weighted by Crippen LogP contribution is 2.26. The lowest BCUT2D eigenvalue weighted by atomic mass is 10.1. The fourth-order valence-corrected chi connectivity index (χ4v) is 2.29. The van der Waals surface area contributed by atoms with E-state index >= 15 is 0 Å². The summed E-state index contributed by atoms with van der Waals surface area (Å²) in [6, 6.07) is 10.8. The second-order valence-corrected chi connectivity index (χ2v) is 4.77. The highest BCUT2D eigenvalue weighted by atomic mass is 16.5. The van der Waals surface area contributed by atoms with E-state index in [4.69, 9.17) is 4.42 Å². The van der Waals surface area contributed by atoms with Gasteiger partial charge in [0.25, 0.3) is 0 Å². The summed E-state index contributed by atoms with van der Waals surface area (Å²) < 4.78 is 9.87. The van der Waals surface area contributed by atoms with E-state index in [0.717, 1.165) is 16.3 Å². The first-order valence-corrected chi connectivity index (χ1v) is 6.40. The molecule has 5 heteroatoms. The molecular formula is C16H13NO4. The maximum absolute atomic E-state index is 12.1. The molecule has 1 heterocycles. The summed E-state index contributed by atoms with van der Waals surface area (Å²) in [5, 5.41) is 4.74. The minimum Gasteiger partial charge on any atom is -0.453 e. The molecule has 0 bridgehead atoms. The van der Waals surface area contributed by atoms with Gasteiger partial charge in [-0.05, 0) is 30.5 Å². The van der Waals surface area contributed by atoms with Crippen molar-refractivity contribution in [3.8, 4) is 0 Å². The number of ether oxygens (including phenoxy) is 1. The molecular weight excluding hydrogens is 270 g/mol. The number of methoxy groups -OCH3 is 1. The molecule has 3 aromatic rings. The molecule has 0 fully saturated rings. The Morgan fingerprint density at radius 1 is 1.10 bits per heavy atom. The number of rotatable bonds is 1. The quantitative estimate of drug-likeness (QED) is 0.548. The van der Waals surface area contributed by atoms with Crippen LogP contribution in [-0.2, 0) is 4.74 Å². The average molecular weight is 283 g/mol. The highest BCUT2D eigenvalue weighted by molar-refractivity contribution is 6.05. The Balaban J connectivity index is 2.24. The van der Waals surface area contributed by atoms with Crippen molar-refractivity contribution < 1.29 is 13.9 Å². The van der Waals surface area contributed by atoms with Gasteiger partial charge in [-0.15, -0.1) is 0 Å². The van der Waals surface area contributed by atoms with Gasteiger partial charge in [-0.1, -0.05) is 17.7 Å². The molecule has 2 aromatic carbocycles. The summed E-state index contributed by atoms with van der Waals surface area (Å²) in [4.78, 5) is 23.3. The van der Waals surface area contributed by atoms with E-state index < -0.39 is 11.7 Å². The van der Waals surface area contributed by atoms with Crippen LogP contribution in [0.2, 0.25) is 0 Å². The van der Waals surface area contributed by atoms with E-state index in [2.05, 4.69) is 10.1 Å². The predicted molar refractivity (Wildman–Crippen MR) is 80.8 cm³/mol. The van der Waals surface area contributed by atoms with Crippen LogP contribution in [0.25, 0.3) is 21.7 Å². The van der Waals surface area contributed by atoms with Gasteiger partial charge in [0, 0.05) is 17.1 Å². The van der Waals surface area contributed by atoms with E-state index in [9.17, 15) is 9.59 Å². The zero-order valence-corrected chi connectivity index (χ0v) is 11.6. The number of carbonyl (C=O) groups excluding carboxylic acids is 1. The van der Waals surface area contributed by atoms with Crippen molar-refractivity contribution >= 4 is 33.5 Å². The number of hydrogen-bond donors (Lipinski definition) is 1. The van der Waals surface area contributed by atoms with Gasteiger partial charge in [0.1, 0.15) is 5.58 Å². The molecule has 0 radical (unpaired) electrons. The molecule has 0 aliphatic rings. The Morgan fingerprint density at radius 3 is 2.62 bits per heavy atom. The predicted octanol–water partition coefficient (Wildman–Crippen LogP) is 3.43. The fourth-order valence-electron chi connectivity index (χ4n) is 2.29. The van der Waals surface area contributed by atoms with Crippen molar-refractivity contribution in [2.75, 3.05) is 12.4 Å². The first-order valence-electron chi connectivity index (χ1n) is 6.40. The first kappa shape index (κ1) is 13.2. The third-order valence-electron chi connectivity index (χ3n) is 3.30. The minimum atomic E-state index is -0.576. The molecule has 1 aromatic heterocycles. The van der Waals surface area contributed by atoms with Crippen molar-refractivity contribution in [1.29, 1.82) is 0 Å². The van der Waals surface area contributed by atoms with Crippen LogP contribution in [-0.4, -0.2) is 13.2 Å². The van der Waals surface area contributed by atoms with Gasteiger partial charge >= 0.3 is 11.7 Å². The minimum absolute atomic E-state index is 0.392. The van der Waals surface area contributed by atoms with Crippen LogP contribution in [0.4, 0.5) is 10.5 Å². The Hall–Kier alpha value is -2.82. The topological polar surface area (TPSA) is 68.5 Å². The third-order valence-corrected chi connectivity index (χ3v) is 3.30. The molecule has 0 unspecified atom stereocenters. The van der Waals surface area contributed by atoms with Crippen LogP contribution in [0.15, 0.2) is 45.6 Å². The molecule has 0 saturated carbocycles. The molecule has 0 aliphatic carbocycles. The van der Waals surface area contributed by atoms with Crippen LogP contribution in [0.1, 0.15) is 5.56 Å². The molecule has 0 saturated heterocycles. The van der Waals surface area contributed by atoms with Gasteiger partial charge in [-0.25, -0.2) is 9.59 Å². The number of nitrogens with one attached hydrogen (secondary N) is 1. The number of fused-ring (bicyclic) bond motifs is 3. The third kappa shape index (κ3) is 2.33. The van der Waals surface area contributed by atoms with Crippen LogP contribution >= 0.6 is 0 Å². The Bertz CT molecular complexity index is 911. The van der Waals surface area contributed by atoms with Crippen molar-refractivity contribution in [3.63, 3.8) is 0 Å². The summed E-state index contributed by atoms with van der Waals surface area (Å²) in [5.41, 5.74) is 1.53. The van der Waals surface area contributed by atoms with E-state index in [1.165, 1.54) is 7.11 Å². The summed E-state index contributed by atoms with van der Waals surface area (Å²) in [5.74, 6) is 0. The Morgan fingerprint density at radius 2 is 1.86 bits per heavy atom. The van der Waals surface area contributed by atoms with E-state index in [0.29, 0.717) is 16.7 Å². The average Bonchev–Trinajstić information content (AvgIpc) is 2.47. The molecule has 21 heavy (non-hydrogen) atoms. The molecule has 3 rings (SSSR count). The highest BCUT2D eigenvalue weighted by Gasteiger charge is 2.09. The van der Waals surface area contributed by atoms with Gasteiger partial charge < -0.3 is 9.15 Å². The number of aryl methyl sites for hydroxylation is 1. The van der Waals surface area contributed by atoms with Gasteiger partial charge in [0.2, 0.25) is 0 Å². The second kappa shape index (κ2) is 4.94. The lowest BCUT2D eigenvalue weighted by molar-refractivity contribution is 0.187. The first-order chi connectivity index (χ1) is 10.1. The number of carbonyl (C=O) groups is 1. The van der Waals surface area contributed by atoms with E-state index in [1.807, 2.05) is 19.1 Å². The summed E-state index contributed by atoms with van der Waals surface area (Å²) in [7, 11) is 1.28. The molecule has 5 nitrogen and oxygen atoms in total. The maximum Gasteiger partial charge on any atom is 0.411 e. The summed E-state index contributed by atoms with van der Waals surface area (Å²) in [6.07, 6.45) is -0.576. The van der Waals surface area contributed by atoms with Crippen molar-refractivity contribution in [2.45, 2.75) is 6.92 Å². The second-order valence-electron chi connectivity index (χ2n) is 4.77. The SMILES string of the molecule is COC(=O)Nc1ccc2c(c1)oc(=O)c1cc(C)ccc12. The standard InChI is InChI=1S/C16H13NO4/c1-9-3-5-11-12-6-4-10(17-16(19)20-2)8-14(12)21-15(18)13(11)7-9/h3-8H,1-2H3,(H,17,19). The smallest absolute Gasteiger partial charge is 0.411 e. The molecule has 106 valence electrons. The molecule has 1 N–H and O–H groups in total. The molecule has 0 aliphatic heterocycles. The Labute approximate surface area is 120 Å². The van der Waals surface area contributed by atoms with E-state index in [1.54, 1.807) is 24.3 Å². The number of amides is 1. The van der Waals surface area contributed by atoms with Crippen LogP contribution in [0.3, 0.4) is 0 Å². The van der Waals surface area contributed by atoms with Crippen LogP contribution in [0.5, 0.6) is 0 Å². The summed E-state index contributed by atoms with van der Waals surface area (Å²) >= 11 is 0. The molecule has 0 atom stereocenters. The number of hydrogen-bond acceptors (Lipinski definition) is 4. The van der Waals surface area contributed by atoms with Crippen LogP contribution in [0, 0.1) is 6.92 Å². The zero-order valence-electron chi connectivity index (χ0n) is 11.6. The number of anilines is 1. The zero-order chi connectivity index (χ0) is 15.0. The van der Waals surface area contributed by atoms with Crippen molar-refractivity contribution in [3.05, 3.63) is 52.4 Å². The maximum atomic E-state index is 12.1. The van der Waals surface area contributed by atoms with Gasteiger partial charge in [0.05, 0.1) is 12.5 Å². The monoisotopic (exact) mass is 283 g/mol. The molecule has 1 amide bonds. The Kier molecular flexibility index (Phi) is 3.10. The van der Waals surface area contributed by atoms with Crippen LogP contribution < -0.4 is 10.9 Å². The van der Waals surface area contributed by atoms with Crippen molar-refractivity contribution in [2.24, 2.45) is 0 Å². The lowest BCUT2D eigenvalue weighted by Gasteiger charge is -2.06. The summed E-state index contributed by atoms with van der Waals surface area (Å²) in [6.45, 7) is 1.92. The van der Waals surface area contributed by atoms with E-state index in [-0.39, 0.29) is 0 Å². The number of benzene rings is 2. The van der Waals surface area contributed by atoms with Gasteiger partial charge in [0.15, 0.2) is 0 Å². The lowest BCUT2D eigenvalue weighted by Crippen LogP contribution is -2.10. The van der Waals surface area contributed by atoms with Crippen molar-refractivity contribution in [1.82, 2.24) is 0 Å². The molecule has 0 spiro atoms. The fraction of sp³-hybridized carbons (Fsp3) is 0.125. The van der Waals surface area contributed by atoms with Gasteiger partial charge in [-0.2, -0.15) is 0 Å².